The molecule has 0 fully saturated rings. The second-order valence-corrected chi connectivity index (χ2v) is 11.4. The minimum atomic E-state index is -0.715. The number of hydrogen-bond donors (Lipinski definition) is 4. The van der Waals surface area contributed by atoms with Crippen LogP contribution in [0.5, 0.6) is 0 Å². The van der Waals surface area contributed by atoms with Crippen LogP contribution in [0.1, 0.15) is 48.5 Å². The third-order valence-electron chi connectivity index (χ3n) is 7.99. The number of H-pyrrole nitrogens is 3. The maximum absolute atomic E-state index is 13.8. The van der Waals surface area contributed by atoms with Gasteiger partial charge in [0.25, 0.3) is 0 Å². The number of carbonyl (C=O) groups excluding carboxylic acids is 1. The summed E-state index contributed by atoms with van der Waals surface area (Å²) in [5, 5.41) is 19.4. The number of hydrogen-bond acceptors (Lipinski definition) is 7. The number of fused-ring (bicyclic) bond motifs is 1. The smallest absolute Gasteiger partial charge is 0.324 e. The molecule has 0 saturated heterocycles. The van der Waals surface area contributed by atoms with Crippen molar-refractivity contribution in [1.29, 1.82) is 0 Å². The van der Waals surface area contributed by atoms with Gasteiger partial charge in [-0.2, -0.15) is 5.21 Å². The predicted molar refractivity (Wildman–Crippen MR) is 175 cm³/mol. The molecule has 0 aliphatic carbocycles. The Bertz CT molecular complexity index is 1870. The average molecular weight is 623 g/mol. The summed E-state index contributed by atoms with van der Waals surface area (Å²) >= 11 is 6.69. The van der Waals surface area contributed by atoms with E-state index < -0.39 is 12.1 Å². The van der Waals surface area contributed by atoms with Crippen LogP contribution in [0.4, 0.5) is 0 Å². The molecule has 0 amide bonds. The Kier molecular flexibility index (Phi) is 9.33. The van der Waals surface area contributed by atoms with Gasteiger partial charge in [-0.15, -0.1) is 10.2 Å². The first-order valence-corrected chi connectivity index (χ1v) is 15.5. The first kappa shape index (κ1) is 30.2. The van der Waals surface area contributed by atoms with Crippen LogP contribution in [0.3, 0.4) is 0 Å². The fourth-order valence-corrected chi connectivity index (χ4v) is 5.87. The number of nitrogens with one attached hydrogen (secondary N) is 4. The highest BCUT2D eigenvalue weighted by Gasteiger charge is 2.28. The summed E-state index contributed by atoms with van der Waals surface area (Å²) in [4.78, 5) is 25.0. The van der Waals surface area contributed by atoms with Crippen LogP contribution in [-0.4, -0.2) is 54.6 Å². The number of likely N-dealkylation sites (N-methyl/N-ethyl adjacent to an activating group) is 1. The van der Waals surface area contributed by atoms with E-state index in [1.807, 2.05) is 79.0 Å². The van der Waals surface area contributed by atoms with Gasteiger partial charge in [-0.25, -0.2) is 4.98 Å². The number of rotatable bonds is 13. The van der Waals surface area contributed by atoms with Crippen LogP contribution in [-0.2, 0) is 28.8 Å². The lowest BCUT2D eigenvalue weighted by molar-refractivity contribution is -0.152. The Morgan fingerprint density at radius 3 is 2.62 bits per heavy atom. The summed E-state index contributed by atoms with van der Waals surface area (Å²) in [5.74, 6) is 0.862. The van der Waals surface area contributed by atoms with Gasteiger partial charge in [0.2, 0.25) is 5.82 Å². The van der Waals surface area contributed by atoms with E-state index in [4.69, 9.17) is 16.3 Å². The second-order valence-electron chi connectivity index (χ2n) is 11.0. The number of unbranched alkanes of at least 4 members (excludes halogenated alkanes) is 1. The van der Waals surface area contributed by atoms with Crippen molar-refractivity contribution in [2.24, 2.45) is 0 Å². The molecule has 0 radical (unpaired) electrons. The Hall–Kier alpha value is -4.80. The number of carbonyl (C=O) groups is 1. The Morgan fingerprint density at radius 2 is 1.84 bits per heavy atom. The number of ether oxygens (including phenoxy) is 1. The van der Waals surface area contributed by atoms with Crippen molar-refractivity contribution in [3.8, 4) is 22.5 Å². The van der Waals surface area contributed by atoms with Crippen LogP contribution in [0.2, 0.25) is 5.15 Å². The van der Waals surface area contributed by atoms with Crippen molar-refractivity contribution in [1.82, 2.24) is 40.9 Å². The molecule has 0 aliphatic heterocycles. The molecule has 11 heteroatoms. The molecule has 3 heterocycles. The maximum atomic E-state index is 13.8. The number of aryl methyl sites for hydroxylation is 1. The van der Waals surface area contributed by atoms with E-state index >= 15 is 0 Å². The van der Waals surface area contributed by atoms with Gasteiger partial charge in [0, 0.05) is 41.9 Å². The van der Waals surface area contributed by atoms with Crippen LogP contribution in [0, 0.1) is 0 Å². The van der Waals surface area contributed by atoms with Gasteiger partial charge < -0.3 is 20.0 Å². The molecular weight excluding hydrogens is 588 g/mol. The molecule has 3 aromatic carbocycles. The van der Waals surface area contributed by atoms with Crippen molar-refractivity contribution < 1.29 is 9.53 Å². The third kappa shape index (κ3) is 6.82. The first-order valence-electron chi connectivity index (χ1n) is 15.1. The van der Waals surface area contributed by atoms with Crippen molar-refractivity contribution >= 4 is 28.5 Å². The number of tetrazole rings is 1. The van der Waals surface area contributed by atoms with E-state index in [0.29, 0.717) is 29.5 Å². The van der Waals surface area contributed by atoms with Gasteiger partial charge >= 0.3 is 5.97 Å². The molecule has 6 rings (SSSR count). The zero-order valence-electron chi connectivity index (χ0n) is 25.2. The number of esters is 1. The summed E-state index contributed by atoms with van der Waals surface area (Å²) in [6.07, 6.45) is 4.78. The van der Waals surface area contributed by atoms with Crippen molar-refractivity contribution in [2.75, 3.05) is 7.05 Å². The fourth-order valence-electron chi connectivity index (χ4n) is 5.60. The zero-order chi connectivity index (χ0) is 31.2. The molecule has 4 N–H and O–H groups in total. The molecular formula is C34H35ClN8O2. The molecule has 3 aromatic heterocycles. The minimum absolute atomic E-state index is 0.302. The number of aromatic amines is 3. The Balaban J connectivity index is 1.32. The van der Waals surface area contributed by atoms with Crippen LogP contribution >= 0.6 is 11.6 Å². The van der Waals surface area contributed by atoms with Crippen LogP contribution in [0.25, 0.3) is 33.4 Å². The largest absolute Gasteiger partial charge is 0.454 e. The lowest BCUT2D eigenvalue weighted by Crippen LogP contribution is -2.38. The van der Waals surface area contributed by atoms with E-state index in [0.717, 1.165) is 63.8 Å². The van der Waals surface area contributed by atoms with Crippen LogP contribution in [0.15, 0.2) is 79.0 Å². The highest BCUT2D eigenvalue weighted by molar-refractivity contribution is 6.30. The van der Waals surface area contributed by atoms with Crippen molar-refractivity contribution in [2.45, 2.75) is 51.2 Å². The topological polar surface area (TPSA) is 137 Å². The van der Waals surface area contributed by atoms with E-state index in [9.17, 15) is 4.79 Å². The molecule has 0 bridgehead atoms. The summed E-state index contributed by atoms with van der Waals surface area (Å²) in [5.41, 5.74) is 6.33. The molecule has 0 unspecified atom stereocenters. The van der Waals surface area contributed by atoms with E-state index in [-0.39, 0.29) is 5.97 Å². The lowest BCUT2D eigenvalue weighted by atomic mass is 9.95. The number of nitrogens with zero attached hydrogens (tertiary/aromatic N) is 4. The monoisotopic (exact) mass is 622 g/mol. The molecule has 6 aromatic rings. The van der Waals surface area contributed by atoms with E-state index in [2.05, 4.69) is 47.8 Å². The van der Waals surface area contributed by atoms with Gasteiger partial charge in [-0.1, -0.05) is 85.6 Å². The number of para-hydroxylation sites is 1. The van der Waals surface area contributed by atoms with Crippen LogP contribution < -0.4 is 5.32 Å². The molecule has 0 spiro atoms. The number of halogens is 1. The normalized spacial score (nSPS) is 12.8. The Labute approximate surface area is 266 Å². The number of benzene rings is 3. The molecule has 2 atom stereocenters. The van der Waals surface area contributed by atoms with Crippen molar-refractivity contribution in [3.05, 3.63) is 107 Å². The van der Waals surface area contributed by atoms with Crippen molar-refractivity contribution in [3.63, 3.8) is 0 Å². The maximum Gasteiger partial charge on any atom is 0.324 e. The average Bonchev–Trinajstić information content (AvgIpc) is 3.83. The summed E-state index contributed by atoms with van der Waals surface area (Å²) in [6.45, 7) is 2.13. The second kappa shape index (κ2) is 13.9. The number of aromatic nitrogens is 7. The molecule has 45 heavy (non-hydrogen) atoms. The van der Waals surface area contributed by atoms with Gasteiger partial charge in [0.05, 0.1) is 5.69 Å². The SMILES string of the molecule is CCCCc1nc(Cl)c([C@H](Cc2ccc(-c3ccccc3)c(-c3nn[nH]n3)c2)OC(=O)[C@H](Cc2c[nH]c3ccccc23)NC)[nH]1. The zero-order valence-corrected chi connectivity index (χ0v) is 25.9. The van der Waals surface area contributed by atoms with E-state index in [1.54, 1.807) is 7.05 Å². The summed E-state index contributed by atoms with van der Waals surface area (Å²) in [7, 11) is 1.77. The molecule has 230 valence electrons. The molecule has 0 saturated carbocycles. The van der Waals surface area contributed by atoms with E-state index in [1.165, 1.54) is 0 Å². The highest BCUT2D eigenvalue weighted by atomic mass is 35.5. The quantitative estimate of drug-likeness (QED) is 0.109. The predicted octanol–water partition coefficient (Wildman–Crippen LogP) is 6.39. The van der Waals surface area contributed by atoms with Gasteiger partial charge in [-0.3, -0.25) is 4.79 Å². The minimum Gasteiger partial charge on any atom is -0.454 e. The van der Waals surface area contributed by atoms with Gasteiger partial charge in [0.15, 0.2) is 5.15 Å². The standard InChI is InChI=1S/C34H35ClN8O2/c1-3-4-14-30-38-31(32(35)39-30)29(45-34(44)28(36-2)19-23-20-37-27-13-9-8-12-25(23)27)18-21-15-16-24(22-10-6-5-7-11-22)26(17-21)33-40-42-43-41-33/h5-13,15-17,20,28-29,36-37H,3-4,14,18-19H2,1-2H3,(H,38,39)(H,40,41,42,43)/t28-,29-/m0/s1. The Morgan fingerprint density at radius 1 is 1.02 bits per heavy atom. The summed E-state index contributed by atoms with van der Waals surface area (Å²) in [6, 6.07) is 23.6. The summed E-state index contributed by atoms with van der Waals surface area (Å²) < 4.78 is 6.28. The first-order chi connectivity index (χ1) is 22.0. The fraction of sp³-hybridized carbons (Fsp3) is 0.265. The van der Waals surface area contributed by atoms with Gasteiger partial charge in [0.1, 0.15) is 18.0 Å². The highest BCUT2D eigenvalue weighted by Crippen LogP contribution is 2.34. The molecule has 0 aliphatic rings. The molecule has 10 nitrogen and oxygen atoms in total. The number of imidazole rings is 1. The van der Waals surface area contributed by atoms with Gasteiger partial charge in [-0.05, 0) is 53.1 Å². The third-order valence-corrected chi connectivity index (χ3v) is 8.28. The lowest BCUT2D eigenvalue weighted by Gasteiger charge is -2.22.